The zero-order valence-corrected chi connectivity index (χ0v) is 15.4. The fourth-order valence-corrected chi connectivity index (χ4v) is 2.82. The molecular formula is C19H31N3O2. The molecule has 0 spiro atoms. The number of carbonyl (C=O) groups excluding carboxylic acids is 2. The summed E-state index contributed by atoms with van der Waals surface area (Å²) in [5.74, 6) is 0. The number of hydrogen-bond acceptors (Lipinski definition) is 4. The standard InChI is InChI=1S/C19H31N3O2/c1-5-8-17(14-23)22(4)18-11-10-16(9-6-7-12-20-2)13-19(18)21(3)15-24/h10-11,13-15,17,20H,5-9,12H2,1-4H3. The van der Waals surface area contributed by atoms with E-state index in [0.29, 0.717) is 0 Å². The van der Waals surface area contributed by atoms with E-state index in [1.165, 1.54) is 5.56 Å². The number of aryl methyl sites for hydroxylation is 1. The summed E-state index contributed by atoms with van der Waals surface area (Å²) in [6.45, 7) is 3.08. The lowest BCUT2D eigenvalue weighted by Gasteiger charge is -2.30. The van der Waals surface area contributed by atoms with Crippen LogP contribution in [0.15, 0.2) is 18.2 Å². The topological polar surface area (TPSA) is 52.7 Å². The number of unbranched alkanes of at least 4 members (excludes halogenated alkanes) is 1. The van der Waals surface area contributed by atoms with Crippen molar-refractivity contribution in [2.24, 2.45) is 0 Å². The molecule has 1 atom stereocenters. The summed E-state index contributed by atoms with van der Waals surface area (Å²) >= 11 is 0. The van der Waals surface area contributed by atoms with Gasteiger partial charge in [0.1, 0.15) is 6.29 Å². The fourth-order valence-electron chi connectivity index (χ4n) is 2.82. The van der Waals surface area contributed by atoms with Gasteiger partial charge < -0.3 is 19.9 Å². The molecule has 0 heterocycles. The molecule has 0 bridgehead atoms. The molecular weight excluding hydrogens is 302 g/mol. The predicted octanol–water partition coefficient (Wildman–Crippen LogP) is 2.63. The Morgan fingerprint density at radius 1 is 1.17 bits per heavy atom. The van der Waals surface area contributed by atoms with Gasteiger partial charge in [0.2, 0.25) is 6.41 Å². The summed E-state index contributed by atoms with van der Waals surface area (Å²) in [4.78, 5) is 26.2. The summed E-state index contributed by atoms with van der Waals surface area (Å²) in [6, 6.07) is 6.01. The van der Waals surface area contributed by atoms with E-state index in [4.69, 9.17) is 0 Å². The lowest BCUT2D eigenvalue weighted by atomic mass is 10.0. The van der Waals surface area contributed by atoms with Gasteiger partial charge in [0.05, 0.1) is 17.4 Å². The number of benzene rings is 1. The first-order valence-electron chi connectivity index (χ1n) is 8.72. The van der Waals surface area contributed by atoms with E-state index in [0.717, 1.165) is 62.7 Å². The number of aldehydes is 1. The van der Waals surface area contributed by atoms with Gasteiger partial charge in [-0.15, -0.1) is 0 Å². The quantitative estimate of drug-likeness (QED) is 0.472. The molecule has 24 heavy (non-hydrogen) atoms. The second-order valence-electron chi connectivity index (χ2n) is 6.20. The summed E-state index contributed by atoms with van der Waals surface area (Å²) in [5.41, 5.74) is 2.97. The molecule has 5 heteroatoms. The van der Waals surface area contributed by atoms with Crippen LogP contribution in [0.5, 0.6) is 0 Å². The number of hydrogen-bond donors (Lipinski definition) is 1. The summed E-state index contributed by atoms with van der Waals surface area (Å²) in [5, 5.41) is 3.15. The Morgan fingerprint density at radius 3 is 2.50 bits per heavy atom. The molecule has 0 fully saturated rings. The van der Waals surface area contributed by atoms with Gasteiger partial charge in [0.25, 0.3) is 0 Å². The van der Waals surface area contributed by atoms with Crippen molar-refractivity contribution in [3.05, 3.63) is 23.8 Å². The van der Waals surface area contributed by atoms with Gasteiger partial charge in [-0.3, -0.25) is 4.79 Å². The first kappa shape index (κ1) is 20.2. The van der Waals surface area contributed by atoms with Gasteiger partial charge in [-0.2, -0.15) is 0 Å². The van der Waals surface area contributed by atoms with Crippen LogP contribution in [-0.2, 0) is 16.0 Å². The van der Waals surface area contributed by atoms with Crippen LogP contribution in [0.1, 0.15) is 38.2 Å². The van der Waals surface area contributed by atoms with E-state index in [1.54, 1.807) is 11.9 Å². The van der Waals surface area contributed by atoms with Gasteiger partial charge in [0, 0.05) is 14.1 Å². The molecule has 1 aromatic carbocycles. The number of nitrogens with one attached hydrogen (secondary N) is 1. The Balaban J connectivity index is 3.02. The largest absolute Gasteiger partial charge is 0.363 e. The zero-order valence-electron chi connectivity index (χ0n) is 15.4. The molecule has 0 saturated carbocycles. The number of nitrogens with zero attached hydrogens (tertiary/aromatic N) is 2. The lowest BCUT2D eigenvalue weighted by molar-refractivity contribution is -0.109. The van der Waals surface area contributed by atoms with Crippen LogP contribution >= 0.6 is 0 Å². The normalized spacial score (nSPS) is 11.8. The highest BCUT2D eigenvalue weighted by Gasteiger charge is 2.18. The number of carbonyl (C=O) groups is 2. The third kappa shape index (κ3) is 5.64. The van der Waals surface area contributed by atoms with Crippen molar-refractivity contribution in [1.82, 2.24) is 5.32 Å². The third-order valence-corrected chi connectivity index (χ3v) is 4.34. The molecule has 0 radical (unpaired) electrons. The Morgan fingerprint density at radius 2 is 1.92 bits per heavy atom. The second-order valence-corrected chi connectivity index (χ2v) is 6.20. The van der Waals surface area contributed by atoms with Crippen LogP contribution in [0, 0.1) is 0 Å². The highest BCUT2D eigenvalue weighted by Crippen LogP contribution is 2.31. The highest BCUT2D eigenvalue weighted by atomic mass is 16.1. The van der Waals surface area contributed by atoms with Crippen LogP contribution in [0.2, 0.25) is 0 Å². The van der Waals surface area contributed by atoms with Gasteiger partial charge in [-0.1, -0.05) is 19.4 Å². The maximum Gasteiger partial charge on any atom is 0.213 e. The molecule has 0 aliphatic carbocycles. The SMILES string of the molecule is CCCC(C=O)N(C)c1ccc(CCCCNC)cc1N(C)C=O. The van der Waals surface area contributed by atoms with Crippen molar-refractivity contribution in [3.8, 4) is 0 Å². The number of likely N-dealkylation sites (N-methyl/N-ethyl adjacent to an activating group) is 1. The minimum atomic E-state index is -0.171. The fraction of sp³-hybridized carbons (Fsp3) is 0.579. The van der Waals surface area contributed by atoms with Crippen molar-refractivity contribution in [1.29, 1.82) is 0 Å². The van der Waals surface area contributed by atoms with Crippen molar-refractivity contribution in [3.63, 3.8) is 0 Å². The van der Waals surface area contributed by atoms with Crippen LogP contribution in [0.25, 0.3) is 0 Å². The first-order valence-corrected chi connectivity index (χ1v) is 8.72. The second kappa shape index (κ2) is 10.8. The van der Waals surface area contributed by atoms with Gasteiger partial charge in [0.15, 0.2) is 0 Å². The van der Waals surface area contributed by atoms with Crippen LogP contribution in [0.4, 0.5) is 11.4 Å². The van der Waals surface area contributed by atoms with Gasteiger partial charge >= 0.3 is 0 Å². The molecule has 1 unspecified atom stereocenters. The number of anilines is 2. The minimum absolute atomic E-state index is 0.171. The van der Waals surface area contributed by atoms with E-state index in [-0.39, 0.29) is 6.04 Å². The van der Waals surface area contributed by atoms with Crippen molar-refractivity contribution in [2.75, 3.05) is 37.5 Å². The maximum atomic E-state index is 11.4. The summed E-state index contributed by atoms with van der Waals surface area (Å²) < 4.78 is 0. The Bertz CT molecular complexity index is 519. The van der Waals surface area contributed by atoms with E-state index in [9.17, 15) is 9.59 Å². The van der Waals surface area contributed by atoms with E-state index in [2.05, 4.69) is 24.4 Å². The first-order chi connectivity index (χ1) is 11.6. The molecule has 5 nitrogen and oxygen atoms in total. The smallest absolute Gasteiger partial charge is 0.213 e. The van der Waals surface area contributed by atoms with Crippen LogP contribution in [-0.4, -0.2) is 46.4 Å². The average Bonchev–Trinajstić information content (AvgIpc) is 2.61. The maximum absolute atomic E-state index is 11.4. The monoisotopic (exact) mass is 333 g/mol. The van der Waals surface area contributed by atoms with Gasteiger partial charge in [-0.05, 0) is 57.0 Å². The Labute approximate surface area is 146 Å². The summed E-state index contributed by atoms with van der Waals surface area (Å²) in [6.07, 6.45) is 6.75. The molecule has 134 valence electrons. The number of rotatable bonds is 12. The van der Waals surface area contributed by atoms with E-state index in [1.807, 2.05) is 25.1 Å². The van der Waals surface area contributed by atoms with Crippen molar-refractivity contribution < 1.29 is 9.59 Å². The molecule has 0 saturated heterocycles. The zero-order chi connectivity index (χ0) is 17.9. The van der Waals surface area contributed by atoms with Crippen LogP contribution in [0.3, 0.4) is 0 Å². The van der Waals surface area contributed by atoms with Crippen molar-refractivity contribution in [2.45, 2.75) is 45.1 Å². The van der Waals surface area contributed by atoms with E-state index < -0.39 is 0 Å². The highest BCUT2D eigenvalue weighted by molar-refractivity contribution is 5.85. The molecule has 0 aliphatic rings. The van der Waals surface area contributed by atoms with Gasteiger partial charge in [-0.25, -0.2) is 0 Å². The molecule has 0 aromatic heterocycles. The average molecular weight is 333 g/mol. The minimum Gasteiger partial charge on any atom is -0.363 e. The summed E-state index contributed by atoms with van der Waals surface area (Å²) in [7, 11) is 5.63. The van der Waals surface area contributed by atoms with Crippen LogP contribution < -0.4 is 15.1 Å². The molecule has 0 aliphatic heterocycles. The Kier molecular flexibility index (Phi) is 9.08. The molecule has 1 rings (SSSR count). The molecule has 1 aromatic rings. The lowest BCUT2D eigenvalue weighted by Crippen LogP contribution is -2.34. The third-order valence-electron chi connectivity index (χ3n) is 4.34. The number of amides is 1. The molecule has 1 amide bonds. The molecule has 1 N–H and O–H groups in total. The Hall–Kier alpha value is -1.88. The predicted molar refractivity (Wildman–Crippen MR) is 101 cm³/mol. The van der Waals surface area contributed by atoms with Crippen molar-refractivity contribution >= 4 is 24.1 Å². The van der Waals surface area contributed by atoms with E-state index >= 15 is 0 Å².